The van der Waals surface area contributed by atoms with E-state index in [1.54, 1.807) is 23.1 Å². The number of amides is 1. The van der Waals surface area contributed by atoms with Crippen LogP contribution >= 0.6 is 11.6 Å². The maximum absolute atomic E-state index is 13.0. The van der Waals surface area contributed by atoms with Crippen molar-refractivity contribution in [3.63, 3.8) is 0 Å². The molecule has 33 heavy (non-hydrogen) atoms. The van der Waals surface area contributed by atoms with E-state index in [0.717, 1.165) is 0 Å². The van der Waals surface area contributed by atoms with Crippen molar-refractivity contribution in [2.45, 2.75) is 0 Å². The minimum atomic E-state index is -0.504. The maximum Gasteiger partial charge on any atom is 0.293 e. The van der Waals surface area contributed by atoms with Gasteiger partial charge in [0.05, 0.1) is 33.8 Å². The van der Waals surface area contributed by atoms with Gasteiger partial charge in [-0.3, -0.25) is 25.0 Å². The van der Waals surface area contributed by atoms with Gasteiger partial charge in [0.2, 0.25) is 0 Å². The molecule has 0 atom stereocenters. The van der Waals surface area contributed by atoms with Crippen molar-refractivity contribution < 1.29 is 19.4 Å². The summed E-state index contributed by atoms with van der Waals surface area (Å²) in [5.41, 5.74) is 1.23. The predicted molar refractivity (Wildman–Crippen MR) is 122 cm³/mol. The molecule has 2 aliphatic heterocycles. The number of non-ortho nitro benzene ring substituents is 1. The molecule has 2 aromatic rings. The van der Waals surface area contributed by atoms with E-state index in [1.165, 1.54) is 18.2 Å². The van der Waals surface area contributed by atoms with Gasteiger partial charge >= 0.3 is 0 Å². The zero-order valence-electron chi connectivity index (χ0n) is 17.7. The van der Waals surface area contributed by atoms with Crippen molar-refractivity contribution in [3.05, 3.63) is 67.2 Å². The molecule has 0 aromatic heterocycles. The van der Waals surface area contributed by atoms with E-state index in [2.05, 4.69) is 0 Å². The molecule has 174 valence electrons. The molecular weight excluding hydrogens is 454 g/mol. The maximum atomic E-state index is 13.0. The molecule has 12 heteroatoms. The summed E-state index contributed by atoms with van der Waals surface area (Å²) in [4.78, 5) is 40.2. The van der Waals surface area contributed by atoms with Crippen LogP contribution in [-0.4, -0.2) is 73.1 Å². The molecule has 0 saturated carbocycles. The number of ether oxygens (including phenoxy) is 1. The van der Waals surface area contributed by atoms with Crippen LogP contribution in [0.5, 0.6) is 0 Å². The molecule has 1 amide bonds. The lowest BCUT2D eigenvalue weighted by Gasteiger charge is -2.36. The van der Waals surface area contributed by atoms with Gasteiger partial charge in [-0.2, -0.15) is 0 Å². The van der Waals surface area contributed by atoms with Crippen LogP contribution in [0.15, 0.2) is 36.4 Å². The molecule has 11 nitrogen and oxygen atoms in total. The highest BCUT2D eigenvalue weighted by molar-refractivity contribution is 6.33. The molecule has 2 heterocycles. The summed E-state index contributed by atoms with van der Waals surface area (Å²) in [5, 5.41) is 22.9. The number of hydrogen-bond acceptors (Lipinski definition) is 8. The van der Waals surface area contributed by atoms with Gasteiger partial charge in [0.15, 0.2) is 0 Å². The fourth-order valence-corrected chi connectivity index (χ4v) is 4.37. The molecule has 2 saturated heterocycles. The van der Waals surface area contributed by atoms with E-state index in [0.29, 0.717) is 63.9 Å². The Morgan fingerprint density at radius 1 is 0.848 bits per heavy atom. The lowest BCUT2D eigenvalue weighted by molar-refractivity contribution is -0.384. The van der Waals surface area contributed by atoms with Crippen molar-refractivity contribution in [2.24, 2.45) is 0 Å². The number of piperazine rings is 1. The van der Waals surface area contributed by atoms with Crippen LogP contribution in [0, 0.1) is 20.2 Å². The summed E-state index contributed by atoms with van der Waals surface area (Å²) in [5.74, 6) is -0.277. The number of morpholine rings is 1. The van der Waals surface area contributed by atoms with Crippen molar-refractivity contribution in [2.75, 3.05) is 62.3 Å². The van der Waals surface area contributed by atoms with Crippen LogP contribution in [0.2, 0.25) is 5.02 Å². The summed E-state index contributed by atoms with van der Waals surface area (Å²) >= 11 is 6.23. The highest BCUT2D eigenvalue weighted by atomic mass is 35.5. The Kier molecular flexibility index (Phi) is 6.61. The summed E-state index contributed by atoms with van der Waals surface area (Å²) in [6.45, 7) is 3.87. The average Bonchev–Trinajstić information content (AvgIpc) is 2.83. The number of rotatable bonds is 5. The molecule has 2 fully saturated rings. The fraction of sp³-hybridized carbons (Fsp3) is 0.381. The Balaban J connectivity index is 1.46. The van der Waals surface area contributed by atoms with Crippen molar-refractivity contribution in [1.29, 1.82) is 0 Å². The first-order chi connectivity index (χ1) is 15.8. The fourth-order valence-electron chi connectivity index (χ4n) is 4.07. The van der Waals surface area contributed by atoms with E-state index in [9.17, 15) is 25.0 Å². The first kappa shape index (κ1) is 22.7. The number of carbonyl (C=O) groups is 1. The van der Waals surface area contributed by atoms with E-state index in [4.69, 9.17) is 16.3 Å². The van der Waals surface area contributed by atoms with E-state index in [-0.39, 0.29) is 27.9 Å². The molecular formula is C21H22ClN5O6. The molecule has 0 bridgehead atoms. The van der Waals surface area contributed by atoms with E-state index < -0.39 is 9.85 Å². The second-order valence-corrected chi connectivity index (χ2v) is 8.14. The zero-order valence-corrected chi connectivity index (χ0v) is 18.4. The third-order valence-corrected chi connectivity index (χ3v) is 6.12. The second kappa shape index (κ2) is 9.59. The van der Waals surface area contributed by atoms with E-state index >= 15 is 0 Å². The average molecular weight is 476 g/mol. The lowest BCUT2D eigenvalue weighted by atomic mass is 10.1. The minimum absolute atomic E-state index is 0.0836. The zero-order chi connectivity index (χ0) is 23.5. The molecule has 0 unspecified atom stereocenters. The molecule has 0 radical (unpaired) electrons. The van der Waals surface area contributed by atoms with Gasteiger partial charge in [-0.1, -0.05) is 11.6 Å². The molecule has 0 aliphatic carbocycles. The molecule has 4 rings (SSSR count). The lowest BCUT2D eigenvalue weighted by Crippen LogP contribution is -2.48. The highest BCUT2D eigenvalue weighted by Gasteiger charge is 2.27. The molecule has 0 N–H and O–H groups in total. The molecule has 0 spiro atoms. The number of nitrogens with zero attached hydrogens (tertiary/aromatic N) is 5. The van der Waals surface area contributed by atoms with Gasteiger partial charge in [-0.25, -0.2) is 0 Å². The van der Waals surface area contributed by atoms with Gasteiger partial charge in [-0.15, -0.1) is 0 Å². The monoisotopic (exact) mass is 475 g/mol. The number of nitro benzene ring substituents is 2. The molecule has 2 aromatic carbocycles. The highest BCUT2D eigenvalue weighted by Crippen LogP contribution is 2.32. The number of hydrogen-bond donors (Lipinski definition) is 0. The first-order valence-corrected chi connectivity index (χ1v) is 10.8. The Bertz CT molecular complexity index is 1080. The third kappa shape index (κ3) is 4.83. The van der Waals surface area contributed by atoms with Crippen molar-refractivity contribution in [1.82, 2.24) is 4.90 Å². The Labute approximate surface area is 194 Å². The number of benzene rings is 2. The Morgan fingerprint density at radius 2 is 1.48 bits per heavy atom. The number of nitro groups is 2. The van der Waals surface area contributed by atoms with Crippen molar-refractivity contribution in [3.8, 4) is 0 Å². The standard InChI is InChI=1S/C21H22ClN5O6/c22-17-14-16(26(29)30)2-4-18(17)23-5-7-25(8-6-23)21(28)15-1-3-19(20(13-15)27(31)32)24-9-11-33-12-10-24/h1-4,13-14H,5-12H2. The van der Waals surface area contributed by atoms with Crippen LogP contribution < -0.4 is 9.80 Å². The van der Waals surface area contributed by atoms with Crippen molar-refractivity contribution >= 4 is 40.3 Å². The number of carbonyl (C=O) groups excluding carboxylic acids is 1. The topological polar surface area (TPSA) is 122 Å². The largest absolute Gasteiger partial charge is 0.378 e. The first-order valence-electron chi connectivity index (χ1n) is 10.4. The number of anilines is 2. The third-order valence-electron chi connectivity index (χ3n) is 5.82. The second-order valence-electron chi connectivity index (χ2n) is 7.73. The van der Waals surface area contributed by atoms with Crippen LogP contribution in [0.3, 0.4) is 0 Å². The van der Waals surface area contributed by atoms with Crippen LogP contribution in [0.25, 0.3) is 0 Å². The Morgan fingerprint density at radius 3 is 2.09 bits per heavy atom. The van der Waals surface area contributed by atoms with E-state index in [1.807, 2.05) is 9.80 Å². The molecule has 2 aliphatic rings. The summed E-state index contributed by atoms with van der Waals surface area (Å²) in [6.07, 6.45) is 0. The summed E-state index contributed by atoms with van der Waals surface area (Å²) in [7, 11) is 0. The van der Waals surface area contributed by atoms with Gasteiger partial charge < -0.3 is 19.4 Å². The SMILES string of the molecule is O=C(c1ccc(N2CCOCC2)c([N+](=O)[O-])c1)N1CCN(c2ccc([N+](=O)[O-])cc2Cl)CC1. The quantitative estimate of drug-likeness (QED) is 0.477. The minimum Gasteiger partial charge on any atom is -0.378 e. The van der Waals surface area contributed by atoms with Gasteiger partial charge in [0.25, 0.3) is 17.3 Å². The van der Waals surface area contributed by atoms with Gasteiger partial charge in [0.1, 0.15) is 5.69 Å². The van der Waals surface area contributed by atoms with Crippen LogP contribution in [-0.2, 0) is 4.74 Å². The predicted octanol–water partition coefficient (Wildman–Crippen LogP) is 2.96. The van der Waals surface area contributed by atoms with Crippen LogP contribution in [0.1, 0.15) is 10.4 Å². The van der Waals surface area contributed by atoms with Gasteiger partial charge in [-0.05, 0) is 18.2 Å². The Hall–Kier alpha value is -3.44. The smallest absolute Gasteiger partial charge is 0.293 e. The summed E-state index contributed by atoms with van der Waals surface area (Å²) < 4.78 is 5.31. The summed E-state index contributed by atoms with van der Waals surface area (Å²) in [6, 6.07) is 8.90. The van der Waals surface area contributed by atoms with Gasteiger partial charge in [0, 0.05) is 63.0 Å². The number of halogens is 1. The van der Waals surface area contributed by atoms with Crippen LogP contribution in [0.4, 0.5) is 22.7 Å². The normalized spacial score (nSPS) is 16.6.